The van der Waals surface area contributed by atoms with Gasteiger partial charge in [0.2, 0.25) is 0 Å². The zero-order valence-electron chi connectivity index (χ0n) is 12.2. The van der Waals surface area contributed by atoms with Crippen LogP contribution in [-0.2, 0) is 13.1 Å². The molecule has 0 spiro atoms. The lowest BCUT2D eigenvalue weighted by Gasteiger charge is -2.13. The number of hydrogen-bond acceptors (Lipinski definition) is 3. The molecule has 0 radical (unpaired) electrons. The van der Waals surface area contributed by atoms with Crippen molar-refractivity contribution in [2.24, 2.45) is 0 Å². The Morgan fingerprint density at radius 2 is 2.10 bits per heavy atom. The van der Waals surface area contributed by atoms with Crippen molar-refractivity contribution in [1.82, 2.24) is 9.88 Å². The van der Waals surface area contributed by atoms with Crippen LogP contribution in [0.1, 0.15) is 32.3 Å². The average molecular weight is 290 g/mol. The third-order valence-electron chi connectivity index (χ3n) is 3.33. The highest BCUT2D eigenvalue weighted by Crippen LogP contribution is 2.24. The summed E-state index contributed by atoms with van der Waals surface area (Å²) in [5, 5.41) is 5.28. The Morgan fingerprint density at radius 3 is 2.75 bits per heavy atom. The van der Waals surface area contributed by atoms with E-state index in [1.54, 1.807) is 11.3 Å². The highest BCUT2D eigenvalue weighted by Gasteiger charge is 2.10. The molecule has 2 aromatic heterocycles. The standard InChI is InChI=1S/C16H22N2OS/c1-3-5-10-18-14(15-7-6-11-20-15)9-8-13(16(18)19)12-17-4-2/h6-9,11,17H,3-5,10,12H2,1-2H3. The zero-order chi connectivity index (χ0) is 14.4. The minimum Gasteiger partial charge on any atom is -0.313 e. The van der Waals surface area contributed by atoms with E-state index in [4.69, 9.17) is 0 Å². The molecule has 3 nitrogen and oxygen atoms in total. The van der Waals surface area contributed by atoms with Crippen LogP contribution in [0.5, 0.6) is 0 Å². The number of pyridine rings is 1. The predicted molar refractivity (Wildman–Crippen MR) is 86.3 cm³/mol. The van der Waals surface area contributed by atoms with Crippen LogP contribution in [0.3, 0.4) is 0 Å². The third kappa shape index (κ3) is 3.38. The van der Waals surface area contributed by atoms with Crippen LogP contribution in [-0.4, -0.2) is 11.1 Å². The number of nitrogens with zero attached hydrogens (tertiary/aromatic N) is 1. The van der Waals surface area contributed by atoms with Crippen molar-refractivity contribution in [2.75, 3.05) is 6.54 Å². The molecule has 0 amide bonds. The second kappa shape index (κ2) is 7.41. The third-order valence-corrected chi connectivity index (χ3v) is 4.22. The first-order chi connectivity index (χ1) is 9.77. The monoisotopic (exact) mass is 290 g/mol. The molecule has 2 aromatic rings. The molecule has 1 N–H and O–H groups in total. The quantitative estimate of drug-likeness (QED) is 0.847. The summed E-state index contributed by atoms with van der Waals surface area (Å²) < 4.78 is 1.93. The maximum absolute atomic E-state index is 12.6. The van der Waals surface area contributed by atoms with E-state index in [-0.39, 0.29) is 5.56 Å². The van der Waals surface area contributed by atoms with Crippen molar-refractivity contribution < 1.29 is 0 Å². The topological polar surface area (TPSA) is 34.0 Å². The molecule has 0 aromatic carbocycles. The normalized spacial score (nSPS) is 10.9. The minimum absolute atomic E-state index is 0.144. The second-order valence-corrected chi connectivity index (χ2v) is 5.76. The van der Waals surface area contributed by atoms with E-state index in [0.29, 0.717) is 6.54 Å². The van der Waals surface area contributed by atoms with E-state index >= 15 is 0 Å². The molecule has 108 valence electrons. The molecular weight excluding hydrogens is 268 g/mol. The molecule has 2 rings (SSSR count). The van der Waals surface area contributed by atoms with Crippen LogP contribution >= 0.6 is 11.3 Å². The number of unbranched alkanes of at least 4 members (excludes halogenated alkanes) is 1. The summed E-state index contributed by atoms with van der Waals surface area (Å²) in [5.74, 6) is 0. The molecule has 0 fully saturated rings. The van der Waals surface area contributed by atoms with Crippen molar-refractivity contribution in [2.45, 2.75) is 39.8 Å². The Kier molecular flexibility index (Phi) is 5.56. The summed E-state index contributed by atoms with van der Waals surface area (Å²) in [6.45, 7) is 6.52. The van der Waals surface area contributed by atoms with Crippen molar-refractivity contribution >= 4 is 11.3 Å². The molecule has 0 atom stereocenters. The van der Waals surface area contributed by atoms with Gasteiger partial charge in [0.1, 0.15) is 0 Å². The summed E-state index contributed by atoms with van der Waals surface area (Å²) in [4.78, 5) is 13.8. The molecule has 20 heavy (non-hydrogen) atoms. The zero-order valence-corrected chi connectivity index (χ0v) is 13.0. The first-order valence-corrected chi connectivity index (χ1v) is 8.13. The number of nitrogens with one attached hydrogen (secondary N) is 1. The molecule has 0 bridgehead atoms. The highest BCUT2D eigenvalue weighted by molar-refractivity contribution is 7.13. The van der Waals surface area contributed by atoms with E-state index in [0.717, 1.165) is 42.1 Å². The van der Waals surface area contributed by atoms with Crippen LogP contribution in [0.2, 0.25) is 0 Å². The first kappa shape index (κ1) is 15.0. The Bertz CT molecular complexity index is 587. The fourth-order valence-electron chi connectivity index (χ4n) is 2.20. The molecule has 0 unspecified atom stereocenters. The van der Waals surface area contributed by atoms with E-state index in [1.807, 2.05) is 16.7 Å². The highest BCUT2D eigenvalue weighted by atomic mass is 32.1. The number of aromatic nitrogens is 1. The van der Waals surface area contributed by atoms with Gasteiger partial charge in [-0.1, -0.05) is 32.4 Å². The molecule has 0 aliphatic heterocycles. The fourth-order valence-corrected chi connectivity index (χ4v) is 2.96. The predicted octanol–water partition coefficient (Wildman–Crippen LogP) is 3.49. The lowest BCUT2D eigenvalue weighted by Crippen LogP contribution is -2.28. The van der Waals surface area contributed by atoms with Gasteiger partial charge in [0.25, 0.3) is 5.56 Å². The van der Waals surface area contributed by atoms with Crippen molar-refractivity contribution in [3.05, 3.63) is 45.6 Å². The lowest BCUT2D eigenvalue weighted by atomic mass is 10.2. The smallest absolute Gasteiger partial charge is 0.255 e. The van der Waals surface area contributed by atoms with Gasteiger partial charge in [0.15, 0.2) is 0 Å². The van der Waals surface area contributed by atoms with Gasteiger partial charge in [0.05, 0.1) is 10.6 Å². The van der Waals surface area contributed by atoms with Crippen LogP contribution < -0.4 is 10.9 Å². The van der Waals surface area contributed by atoms with Crippen molar-refractivity contribution in [1.29, 1.82) is 0 Å². The average Bonchev–Trinajstić information content (AvgIpc) is 2.98. The Morgan fingerprint density at radius 1 is 1.25 bits per heavy atom. The minimum atomic E-state index is 0.144. The van der Waals surface area contributed by atoms with Gasteiger partial charge in [0, 0.05) is 18.7 Å². The van der Waals surface area contributed by atoms with Gasteiger partial charge in [-0.3, -0.25) is 4.79 Å². The lowest BCUT2D eigenvalue weighted by molar-refractivity contribution is 0.608. The van der Waals surface area contributed by atoms with E-state index in [1.165, 1.54) is 0 Å². The van der Waals surface area contributed by atoms with Crippen LogP contribution in [0, 0.1) is 0 Å². The molecule has 0 aliphatic carbocycles. The Labute approximate surface area is 124 Å². The van der Waals surface area contributed by atoms with E-state index in [9.17, 15) is 4.79 Å². The van der Waals surface area contributed by atoms with Gasteiger partial charge in [-0.15, -0.1) is 11.3 Å². The molecule has 0 saturated carbocycles. The van der Waals surface area contributed by atoms with Gasteiger partial charge < -0.3 is 9.88 Å². The molecular formula is C16H22N2OS. The van der Waals surface area contributed by atoms with Gasteiger partial charge in [-0.25, -0.2) is 0 Å². The number of hydrogen-bond donors (Lipinski definition) is 1. The molecule has 0 aliphatic rings. The summed E-state index contributed by atoms with van der Waals surface area (Å²) >= 11 is 1.68. The summed E-state index contributed by atoms with van der Waals surface area (Å²) in [7, 11) is 0. The Hall–Kier alpha value is -1.39. The fraction of sp³-hybridized carbons (Fsp3) is 0.438. The SMILES string of the molecule is CCCCn1c(-c2cccs2)ccc(CNCC)c1=O. The van der Waals surface area contributed by atoms with Crippen LogP contribution in [0.15, 0.2) is 34.4 Å². The second-order valence-electron chi connectivity index (χ2n) is 4.81. The van der Waals surface area contributed by atoms with E-state index in [2.05, 4.69) is 36.7 Å². The largest absolute Gasteiger partial charge is 0.313 e. The Balaban J connectivity index is 2.41. The molecule has 4 heteroatoms. The van der Waals surface area contributed by atoms with Gasteiger partial charge >= 0.3 is 0 Å². The van der Waals surface area contributed by atoms with Crippen LogP contribution in [0.25, 0.3) is 10.6 Å². The van der Waals surface area contributed by atoms with Crippen molar-refractivity contribution in [3.8, 4) is 10.6 Å². The number of rotatable bonds is 7. The molecule has 0 saturated heterocycles. The van der Waals surface area contributed by atoms with E-state index < -0.39 is 0 Å². The maximum atomic E-state index is 12.6. The summed E-state index contributed by atoms with van der Waals surface area (Å²) in [6, 6.07) is 8.14. The van der Waals surface area contributed by atoms with Gasteiger partial charge in [-0.2, -0.15) is 0 Å². The molecule has 2 heterocycles. The van der Waals surface area contributed by atoms with Crippen molar-refractivity contribution in [3.63, 3.8) is 0 Å². The maximum Gasteiger partial charge on any atom is 0.255 e. The number of thiophene rings is 1. The first-order valence-electron chi connectivity index (χ1n) is 7.25. The van der Waals surface area contributed by atoms with Crippen LogP contribution in [0.4, 0.5) is 0 Å². The van der Waals surface area contributed by atoms with Gasteiger partial charge in [-0.05, 0) is 30.5 Å². The summed E-state index contributed by atoms with van der Waals surface area (Å²) in [5.41, 5.74) is 2.03. The summed E-state index contributed by atoms with van der Waals surface area (Å²) in [6.07, 6.45) is 2.12.